The number of methoxy groups -OCH3 is 1. The van der Waals surface area contributed by atoms with E-state index in [1.165, 1.54) is 12.1 Å². The van der Waals surface area contributed by atoms with Gasteiger partial charge in [0.05, 0.1) is 30.6 Å². The minimum atomic E-state index is -1.07. The lowest BCUT2D eigenvalue weighted by atomic mass is 10.0. The Morgan fingerprint density at radius 1 is 1.10 bits per heavy atom. The molecular weight excluding hydrogens is 371 g/mol. The van der Waals surface area contributed by atoms with Crippen LogP contribution in [0.15, 0.2) is 48.7 Å². The van der Waals surface area contributed by atoms with E-state index in [0.717, 1.165) is 36.3 Å². The van der Waals surface area contributed by atoms with E-state index in [-0.39, 0.29) is 12.0 Å². The molecule has 0 radical (unpaired) electrons. The summed E-state index contributed by atoms with van der Waals surface area (Å²) in [5.74, 6) is -0.907. The minimum Gasteiger partial charge on any atom is -0.497 e. The second-order valence-corrected chi connectivity index (χ2v) is 6.77. The highest BCUT2D eigenvalue weighted by molar-refractivity contribution is 5.78. The Kier molecular flexibility index (Phi) is 6.54. The molecule has 0 amide bonds. The average molecular weight is 394 g/mol. The Bertz CT molecular complexity index is 1000. The Balaban J connectivity index is 2.08. The van der Waals surface area contributed by atoms with Gasteiger partial charge in [0.25, 0.3) is 0 Å². The number of ether oxygens (including phenoxy) is 1. The highest BCUT2D eigenvalue weighted by atomic mass is 19.1. The van der Waals surface area contributed by atoms with Crippen molar-refractivity contribution in [3.63, 3.8) is 0 Å². The van der Waals surface area contributed by atoms with Gasteiger partial charge in [-0.3, -0.25) is 9.78 Å². The van der Waals surface area contributed by atoms with E-state index in [1.54, 1.807) is 19.4 Å². The molecule has 0 aliphatic carbocycles. The van der Waals surface area contributed by atoms with E-state index in [9.17, 15) is 9.18 Å². The van der Waals surface area contributed by atoms with Crippen LogP contribution in [-0.4, -0.2) is 28.2 Å². The molecule has 29 heavy (non-hydrogen) atoms. The number of aromatic nitrogens is 2. The van der Waals surface area contributed by atoms with Crippen molar-refractivity contribution in [1.29, 1.82) is 0 Å². The van der Waals surface area contributed by atoms with Gasteiger partial charge in [0.15, 0.2) is 0 Å². The van der Waals surface area contributed by atoms with Gasteiger partial charge >= 0.3 is 5.97 Å². The highest BCUT2D eigenvalue weighted by Gasteiger charge is 2.15. The topological polar surface area (TPSA) is 72.3 Å². The van der Waals surface area contributed by atoms with Gasteiger partial charge in [0, 0.05) is 17.3 Å². The quantitative estimate of drug-likeness (QED) is 0.587. The smallest absolute Gasteiger partial charge is 0.307 e. The number of carboxylic acid groups (broad SMARTS) is 1. The molecular formula is C23H23FN2O3. The number of aryl methyl sites for hydroxylation is 1. The molecule has 2 aromatic carbocycles. The summed E-state index contributed by atoms with van der Waals surface area (Å²) < 4.78 is 19.7. The Labute approximate surface area is 169 Å². The maximum atomic E-state index is 14.5. The molecule has 0 spiro atoms. The first-order valence-corrected chi connectivity index (χ1v) is 9.52. The predicted molar refractivity (Wildman–Crippen MR) is 109 cm³/mol. The summed E-state index contributed by atoms with van der Waals surface area (Å²) >= 11 is 0. The summed E-state index contributed by atoms with van der Waals surface area (Å²) in [5, 5.41) is 8.93. The van der Waals surface area contributed by atoms with Crippen LogP contribution in [0.2, 0.25) is 0 Å². The number of rotatable bonds is 8. The monoisotopic (exact) mass is 394 g/mol. The number of hydrogen-bond donors (Lipinski definition) is 1. The molecule has 1 heterocycles. The van der Waals surface area contributed by atoms with E-state index in [4.69, 9.17) is 14.8 Å². The molecule has 3 aromatic rings. The molecule has 0 atom stereocenters. The second kappa shape index (κ2) is 9.28. The van der Waals surface area contributed by atoms with Crippen LogP contribution in [-0.2, 0) is 17.6 Å². The zero-order chi connectivity index (χ0) is 20.8. The van der Waals surface area contributed by atoms with Crippen molar-refractivity contribution in [1.82, 2.24) is 9.97 Å². The van der Waals surface area contributed by atoms with Crippen molar-refractivity contribution in [2.75, 3.05) is 7.11 Å². The van der Waals surface area contributed by atoms with Crippen LogP contribution < -0.4 is 4.74 Å². The van der Waals surface area contributed by atoms with Crippen molar-refractivity contribution in [2.24, 2.45) is 0 Å². The third kappa shape index (κ3) is 4.96. The van der Waals surface area contributed by atoms with Gasteiger partial charge in [-0.05, 0) is 48.7 Å². The number of benzene rings is 2. The lowest BCUT2D eigenvalue weighted by molar-refractivity contribution is -0.136. The molecule has 0 aliphatic rings. The van der Waals surface area contributed by atoms with Gasteiger partial charge in [0.2, 0.25) is 0 Å². The predicted octanol–water partition coefficient (Wildman–Crippen LogP) is 4.93. The van der Waals surface area contributed by atoms with Gasteiger partial charge in [-0.1, -0.05) is 25.5 Å². The molecule has 0 saturated heterocycles. The van der Waals surface area contributed by atoms with E-state index in [0.29, 0.717) is 17.0 Å². The number of halogens is 1. The lowest BCUT2D eigenvalue weighted by Gasteiger charge is -2.12. The second-order valence-electron chi connectivity index (χ2n) is 6.77. The lowest BCUT2D eigenvalue weighted by Crippen LogP contribution is -2.03. The largest absolute Gasteiger partial charge is 0.497 e. The Morgan fingerprint density at radius 2 is 1.83 bits per heavy atom. The van der Waals surface area contributed by atoms with Gasteiger partial charge in [-0.15, -0.1) is 0 Å². The van der Waals surface area contributed by atoms with E-state index in [2.05, 4.69) is 11.9 Å². The molecule has 5 nitrogen and oxygen atoms in total. The summed E-state index contributed by atoms with van der Waals surface area (Å²) in [6.45, 7) is 2.11. The first-order chi connectivity index (χ1) is 14.0. The molecule has 1 N–H and O–H groups in total. The maximum Gasteiger partial charge on any atom is 0.307 e. The third-order valence-corrected chi connectivity index (χ3v) is 4.64. The van der Waals surface area contributed by atoms with Crippen LogP contribution in [0.25, 0.3) is 22.5 Å². The van der Waals surface area contributed by atoms with Crippen molar-refractivity contribution >= 4 is 5.97 Å². The van der Waals surface area contributed by atoms with Crippen LogP contribution in [0, 0.1) is 5.82 Å². The van der Waals surface area contributed by atoms with Crippen molar-refractivity contribution < 1.29 is 19.0 Å². The zero-order valence-electron chi connectivity index (χ0n) is 16.5. The molecule has 0 aliphatic heterocycles. The van der Waals surface area contributed by atoms with Crippen LogP contribution >= 0.6 is 0 Å². The van der Waals surface area contributed by atoms with E-state index >= 15 is 0 Å². The Hall–Kier alpha value is -3.28. The highest BCUT2D eigenvalue weighted by Crippen LogP contribution is 2.31. The molecule has 0 bridgehead atoms. The average Bonchev–Trinajstić information content (AvgIpc) is 2.73. The molecule has 0 unspecified atom stereocenters. The molecule has 150 valence electrons. The molecule has 3 rings (SSSR count). The SMILES string of the molecule is CCCCc1cnc(-c2ccc(OC)cc2)c(-c2ccc(CC(=O)O)c(F)c2)n1. The van der Waals surface area contributed by atoms with Crippen LogP contribution in [0.4, 0.5) is 4.39 Å². The van der Waals surface area contributed by atoms with Crippen LogP contribution in [0.3, 0.4) is 0 Å². The normalized spacial score (nSPS) is 10.7. The summed E-state index contributed by atoms with van der Waals surface area (Å²) in [4.78, 5) is 20.3. The van der Waals surface area contributed by atoms with Crippen molar-refractivity contribution in [2.45, 2.75) is 32.6 Å². The number of nitrogens with zero attached hydrogens (tertiary/aromatic N) is 2. The number of carboxylic acids is 1. The van der Waals surface area contributed by atoms with E-state index in [1.807, 2.05) is 24.3 Å². The van der Waals surface area contributed by atoms with Crippen molar-refractivity contribution in [3.8, 4) is 28.3 Å². The number of carbonyl (C=O) groups is 1. The van der Waals surface area contributed by atoms with Crippen LogP contribution in [0.1, 0.15) is 31.0 Å². The summed E-state index contributed by atoms with van der Waals surface area (Å²) in [7, 11) is 1.60. The number of hydrogen-bond acceptors (Lipinski definition) is 4. The maximum absolute atomic E-state index is 14.5. The first-order valence-electron chi connectivity index (χ1n) is 9.52. The standard InChI is InChI=1S/C23H23FN2O3/c1-3-4-5-18-14-25-22(15-8-10-19(29-2)11-9-15)23(26-18)17-7-6-16(13-21(27)28)20(24)12-17/h6-12,14H,3-5,13H2,1-2H3,(H,27,28). The Morgan fingerprint density at radius 3 is 2.45 bits per heavy atom. The minimum absolute atomic E-state index is 0.141. The summed E-state index contributed by atoms with van der Waals surface area (Å²) in [6, 6.07) is 12.0. The zero-order valence-corrected chi connectivity index (χ0v) is 16.5. The molecule has 6 heteroatoms. The fourth-order valence-electron chi connectivity index (χ4n) is 3.07. The fourth-order valence-corrected chi connectivity index (χ4v) is 3.07. The van der Waals surface area contributed by atoms with Gasteiger partial charge in [-0.2, -0.15) is 0 Å². The molecule has 0 fully saturated rings. The molecule has 0 saturated carbocycles. The van der Waals surface area contributed by atoms with Crippen molar-refractivity contribution in [3.05, 3.63) is 65.7 Å². The third-order valence-electron chi connectivity index (χ3n) is 4.64. The number of unbranched alkanes of at least 4 members (excludes halogenated alkanes) is 1. The van der Waals surface area contributed by atoms with E-state index < -0.39 is 11.8 Å². The first kappa shape index (κ1) is 20.5. The summed E-state index contributed by atoms with van der Waals surface area (Å²) in [6.07, 6.45) is 4.21. The van der Waals surface area contributed by atoms with Gasteiger partial charge < -0.3 is 9.84 Å². The number of aliphatic carboxylic acids is 1. The van der Waals surface area contributed by atoms with Gasteiger partial charge in [-0.25, -0.2) is 9.37 Å². The fraction of sp³-hybridized carbons (Fsp3) is 0.261. The summed E-state index contributed by atoms with van der Waals surface area (Å²) in [5.41, 5.74) is 3.60. The molecule has 1 aromatic heterocycles. The van der Waals surface area contributed by atoms with Crippen LogP contribution in [0.5, 0.6) is 5.75 Å². The van der Waals surface area contributed by atoms with Gasteiger partial charge in [0.1, 0.15) is 11.6 Å².